The second kappa shape index (κ2) is 12.7. The van der Waals surface area contributed by atoms with Gasteiger partial charge in [0, 0.05) is 23.0 Å². The maximum absolute atomic E-state index is 13.8. The zero-order valence-electron chi connectivity index (χ0n) is 22.4. The van der Waals surface area contributed by atoms with E-state index >= 15 is 0 Å². The summed E-state index contributed by atoms with van der Waals surface area (Å²) in [5, 5.41) is 2.76. The molecule has 38 heavy (non-hydrogen) atoms. The van der Waals surface area contributed by atoms with Crippen LogP contribution in [-0.2, 0) is 11.2 Å². The molecule has 0 aliphatic carbocycles. The van der Waals surface area contributed by atoms with Crippen molar-refractivity contribution in [1.29, 1.82) is 0 Å². The van der Waals surface area contributed by atoms with Crippen LogP contribution in [-0.4, -0.2) is 55.0 Å². The van der Waals surface area contributed by atoms with E-state index < -0.39 is 0 Å². The molecule has 2 amide bonds. The predicted octanol–water partition coefficient (Wildman–Crippen LogP) is 6.41. The minimum atomic E-state index is -0.234. The summed E-state index contributed by atoms with van der Waals surface area (Å²) in [6, 6.07) is 14.6. The topological polar surface area (TPSA) is 59.1 Å². The zero-order chi connectivity index (χ0) is 27.2. The lowest BCUT2D eigenvalue weighted by atomic mass is 10.00. The Balaban J connectivity index is 1.55. The molecule has 3 aromatic rings. The molecule has 0 fully saturated rings. The van der Waals surface area contributed by atoms with E-state index in [1.165, 1.54) is 4.88 Å². The quantitative estimate of drug-likeness (QED) is 0.290. The third-order valence-electron chi connectivity index (χ3n) is 6.88. The normalized spacial score (nSPS) is 14.8. The van der Waals surface area contributed by atoms with Gasteiger partial charge in [-0.15, -0.1) is 11.3 Å². The molecular weight excluding hydrogens is 520 g/mol. The van der Waals surface area contributed by atoms with E-state index in [0.29, 0.717) is 47.7 Å². The zero-order valence-corrected chi connectivity index (χ0v) is 24.0. The molecule has 1 aromatic heterocycles. The van der Waals surface area contributed by atoms with E-state index in [0.717, 1.165) is 24.0 Å². The number of carbonyl (C=O) groups is 2. The van der Waals surface area contributed by atoms with Crippen molar-refractivity contribution in [2.24, 2.45) is 5.92 Å². The number of hydrogen-bond donors (Lipinski definition) is 0. The predicted molar refractivity (Wildman–Crippen MR) is 153 cm³/mol. The summed E-state index contributed by atoms with van der Waals surface area (Å²) in [5.74, 6) is 1.32. The molecule has 6 nitrogen and oxygen atoms in total. The number of ether oxygens (including phenoxy) is 2. The summed E-state index contributed by atoms with van der Waals surface area (Å²) >= 11 is 7.89. The molecule has 0 saturated heterocycles. The molecule has 202 valence electrons. The molecule has 0 spiro atoms. The number of nitrogens with zero attached hydrogens (tertiary/aromatic N) is 2. The molecule has 2 heterocycles. The summed E-state index contributed by atoms with van der Waals surface area (Å²) in [6.07, 6.45) is 1.59. The lowest BCUT2D eigenvalue weighted by molar-refractivity contribution is -0.135. The Bertz CT molecular complexity index is 1270. The van der Waals surface area contributed by atoms with Gasteiger partial charge in [0.2, 0.25) is 5.91 Å². The number of thiophene rings is 1. The second-order valence-electron chi connectivity index (χ2n) is 9.98. The van der Waals surface area contributed by atoms with Crippen LogP contribution in [0, 0.1) is 12.8 Å². The molecule has 0 bridgehead atoms. The van der Waals surface area contributed by atoms with Crippen molar-refractivity contribution in [1.82, 2.24) is 9.80 Å². The number of halogens is 1. The minimum Gasteiger partial charge on any atom is -0.496 e. The Morgan fingerprint density at radius 2 is 1.97 bits per heavy atom. The average molecular weight is 555 g/mol. The van der Waals surface area contributed by atoms with E-state index in [2.05, 4.69) is 25.3 Å². The van der Waals surface area contributed by atoms with Crippen LogP contribution in [0.2, 0.25) is 5.02 Å². The number of carbonyl (C=O) groups excluding carboxylic acids is 2. The van der Waals surface area contributed by atoms with Gasteiger partial charge in [-0.1, -0.05) is 37.6 Å². The lowest BCUT2D eigenvalue weighted by Gasteiger charge is -2.37. The number of para-hydroxylation sites is 1. The number of fused-ring (bicyclic) bond motifs is 1. The average Bonchev–Trinajstić information content (AvgIpc) is 3.40. The van der Waals surface area contributed by atoms with E-state index in [4.69, 9.17) is 21.1 Å². The third-order valence-corrected chi connectivity index (χ3v) is 8.30. The number of rotatable bonds is 10. The van der Waals surface area contributed by atoms with Crippen molar-refractivity contribution in [3.8, 4) is 11.5 Å². The second-order valence-corrected chi connectivity index (χ2v) is 11.4. The third kappa shape index (κ3) is 6.51. The first-order chi connectivity index (χ1) is 18.3. The smallest absolute Gasteiger partial charge is 0.258 e. The van der Waals surface area contributed by atoms with Gasteiger partial charge >= 0.3 is 0 Å². The summed E-state index contributed by atoms with van der Waals surface area (Å²) in [5.41, 5.74) is 2.51. The summed E-state index contributed by atoms with van der Waals surface area (Å²) < 4.78 is 11.6. The van der Waals surface area contributed by atoms with Crippen molar-refractivity contribution >= 4 is 34.8 Å². The van der Waals surface area contributed by atoms with Gasteiger partial charge < -0.3 is 19.3 Å². The van der Waals surface area contributed by atoms with Crippen molar-refractivity contribution in [3.05, 3.63) is 80.5 Å². The molecule has 0 N–H and O–H groups in total. The van der Waals surface area contributed by atoms with Crippen molar-refractivity contribution in [3.63, 3.8) is 0 Å². The molecule has 1 aliphatic rings. The van der Waals surface area contributed by atoms with Crippen LogP contribution in [0.4, 0.5) is 0 Å². The SMILES string of the molecule is COc1ccccc1C(=O)N(CCC(C)C)CC(=O)N1CCc2sccc2[C@@H]1COc1ccc(Cl)c(C)c1. The van der Waals surface area contributed by atoms with Gasteiger partial charge in [-0.25, -0.2) is 0 Å². The molecule has 0 radical (unpaired) electrons. The Morgan fingerprint density at radius 1 is 1.18 bits per heavy atom. The fourth-order valence-corrected chi connectivity index (χ4v) is 5.71. The Morgan fingerprint density at radius 3 is 2.71 bits per heavy atom. The fourth-order valence-electron chi connectivity index (χ4n) is 4.67. The van der Waals surface area contributed by atoms with Crippen molar-refractivity contribution < 1.29 is 19.1 Å². The van der Waals surface area contributed by atoms with E-state index in [-0.39, 0.29) is 24.4 Å². The number of benzene rings is 2. The number of methoxy groups -OCH3 is 1. The van der Waals surface area contributed by atoms with Crippen LogP contribution in [0.25, 0.3) is 0 Å². The van der Waals surface area contributed by atoms with Crippen LogP contribution in [0.3, 0.4) is 0 Å². The Kier molecular flexibility index (Phi) is 9.34. The van der Waals surface area contributed by atoms with E-state index in [9.17, 15) is 9.59 Å². The van der Waals surface area contributed by atoms with Gasteiger partial charge in [-0.05, 0) is 78.6 Å². The van der Waals surface area contributed by atoms with Crippen molar-refractivity contribution in [2.45, 2.75) is 39.7 Å². The van der Waals surface area contributed by atoms with Gasteiger partial charge in [-0.2, -0.15) is 0 Å². The standard InChI is InChI=1S/C30H35ClN2O4S/c1-20(2)11-14-32(30(35)24-7-5-6-8-27(24)36-4)18-29(34)33-15-12-28-23(13-16-38-28)26(33)19-37-22-9-10-25(31)21(3)17-22/h5-10,13,16-17,20,26H,11-12,14-15,18-19H2,1-4H3/t26-/m0/s1. The highest BCUT2D eigenvalue weighted by Crippen LogP contribution is 2.34. The maximum Gasteiger partial charge on any atom is 0.258 e. The highest BCUT2D eigenvalue weighted by Gasteiger charge is 2.34. The Labute approximate surface area is 234 Å². The van der Waals surface area contributed by atoms with Gasteiger partial charge in [0.1, 0.15) is 24.7 Å². The fraction of sp³-hybridized carbons (Fsp3) is 0.400. The first-order valence-corrected chi connectivity index (χ1v) is 14.2. The first-order valence-electron chi connectivity index (χ1n) is 13.0. The first kappa shape index (κ1) is 28.0. The molecule has 2 aromatic carbocycles. The summed E-state index contributed by atoms with van der Waals surface area (Å²) in [7, 11) is 1.55. The Hall–Kier alpha value is -3.03. The maximum atomic E-state index is 13.8. The van der Waals surface area contributed by atoms with Crippen LogP contribution < -0.4 is 9.47 Å². The van der Waals surface area contributed by atoms with Gasteiger partial charge in [-0.3, -0.25) is 9.59 Å². The van der Waals surface area contributed by atoms with Crippen LogP contribution >= 0.6 is 22.9 Å². The van der Waals surface area contributed by atoms with Gasteiger partial charge in [0.25, 0.3) is 5.91 Å². The van der Waals surface area contributed by atoms with Crippen molar-refractivity contribution in [2.75, 3.05) is 33.4 Å². The van der Waals surface area contributed by atoms with E-state index in [1.807, 2.05) is 42.2 Å². The summed E-state index contributed by atoms with van der Waals surface area (Å²) in [4.78, 5) is 32.2. The van der Waals surface area contributed by atoms with E-state index in [1.54, 1.807) is 35.5 Å². The molecule has 1 aliphatic heterocycles. The number of aryl methyl sites for hydroxylation is 1. The van der Waals surface area contributed by atoms with Crippen LogP contribution in [0.5, 0.6) is 11.5 Å². The highest BCUT2D eigenvalue weighted by atomic mass is 35.5. The van der Waals surface area contributed by atoms with Crippen LogP contribution in [0.1, 0.15) is 52.7 Å². The molecule has 0 saturated carbocycles. The summed E-state index contributed by atoms with van der Waals surface area (Å²) in [6.45, 7) is 7.56. The molecule has 4 rings (SSSR count). The number of hydrogen-bond acceptors (Lipinski definition) is 5. The highest BCUT2D eigenvalue weighted by molar-refractivity contribution is 7.10. The van der Waals surface area contributed by atoms with Crippen LogP contribution in [0.15, 0.2) is 53.9 Å². The molecule has 0 unspecified atom stereocenters. The molecule has 8 heteroatoms. The molecular formula is C30H35ClN2O4S. The largest absolute Gasteiger partial charge is 0.496 e. The number of amides is 2. The van der Waals surface area contributed by atoms with Gasteiger partial charge in [0.05, 0.1) is 18.7 Å². The molecule has 1 atom stereocenters. The minimum absolute atomic E-state index is 0.000372. The monoisotopic (exact) mass is 554 g/mol. The van der Waals surface area contributed by atoms with Gasteiger partial charge in [0.15, 0.2) is 0 Å². The lowest BCUT2D eigenvalue weighted by Crippen LogP contribution is -2.48.